The van der Waals surface area contributed by atoms with Crippen molar-refractivity contribution in [1.82, 2.24) is 9.97 Å². The van der Waals surface area contributed by atoms with Gasteiger partial charge < -0.3 is 10.7 Å². The summed E-state index contributed by atoms with van der Waals surface area (Å²) in [5.41, 5.74) is 5.64. The van der Waals surface area contributed by atoms with E-state index in [9.17, 15) is 4.79 Å². The minimum absolute atomic E-state index is 0.284. The molecule has 0 saturated heterocycles. The predicted molar refractivity (Wildman–Crippen MR) is 39.2 cm³/mol. The van der Waals surface area contributed by atoms with Gasteiger partial charge in [0.2, 0.25) is 0 Å². The Hall–Kier alpha value is -0.740. The highest BCUT2D eigenvalue weighted by Gasteiger charge is 2.01. The van der Waals surface area contributed by atoms with Crippen molar-refractivity contribution in [3.05, 3.63) is 21.3 Å². The molecule has 0 bridgehead atoms. The van der Waals surface area contributed by atoms with Gasteiger partial charge >= 0.3 is 5.69 Å². The quantitative estimate of drug-likeness (QED) is 0.565. The molecule has 0 aliphatic heterocycles. The van der Waals surface area contributed by atoms with Crippen LogP contribution >= 0.6 is 11.6 Å². The van der Waals surface area contributed by atoms with Gasteiger partial charge in [0.25, 0.3) is 0 Å². The van der Waals surface area contributed by atoms with Crippen molar-refractivity contribution in [1.29, 1.82) is 0 Å². The molecule has 56 valence electrons. The average Bonchev–Trinajstić information content (AvgIpc) is 2.13. The first kappa shape index (κ1) is 7.37. The van der Waals surface area contributed by atoms with Gasteiger partial charge in [0.15, 0.2) is 0 Å². The van der Waals surface area contributed by atoms with Gasteiger partial charge in [-0.1, -0.05) is 11.6 Å². The van der Waals surface area contributed by atoms with E-state index >= 15 is 0 Å². The van der Waals surface area contributed by atoms with Crippen molar-refractivity contribution in [2.45, 2.75) is 6.42 Å². The second-order valence-electron chi connectivity index (χ2n) is 1.91. The van der Waals surface area contributed by atoms with Crippen molar-refractivity contribution in [3.63, 3.8) is 0 Å². The number of hydrogen-bond donors (Lipinski definition) is 3. The molecule has 4 nitrogen and oxygen atoms in total. The Kier molecular flexibility index (Phi) is 2.13. The first-order valence-electron chi connectivity index (χ1n) is 2.90. The summed E-state index contributed by atoms with van der Waals surface area (Å²) in [6.45, 7) is 0.480. The molecule has 10 heavy (non-hydrogen) atoms. The largest absolute Gasteiger partial charge is 0.330 e. The monoisotopic (exact) mass is 161 g/mol. The highest BCUT2D eigenvalue weighted by Crippen LogP contribution is 2.06. The second kappa shape index (κ2) is 2.90. The van der Waals surface area contributed by atoms with Crippen molar-refractivity contribution in [2.75, 3.05) is 6.54 Å². The topological polar surface area (TPSA) is 74.7 Å². The molecule has 0 radical (unpaired) electrons. The number of imidazole rings is 1. The zero-order valence-corrected chi connectivity index (χ0v) is 6.03. The van der Waals surface area contributed by atoms with Crippen LogP contribution in [0.15, 0.2) is 4.79 Å². The standard InChI is InChI=1S/C5H8ClN3O/c6-4-3(1-2-7)8-5(10)9-4/h1-2,7H2,(H2,8,9,10). The SMILES string of the molecule is NCCc1[nH]c(=O)[nH]c1Cl. The zero-order chi connectivity index (χ0) is 7.56. The van der Waals surface area contributed by atoms with E-state index in [0.717, 1.165) is 0 Å². The van der Waals surface area contributed by atoms with Gasteiger partial charge in [0.05, 0.1) is 5.69 Å². The number of nitrogens with two attached hydrogens (primary N) is 1. The normalized spacial score (nSPS) is 10.2. The molecule has 0 saturated carbocycles. The van der Waals surface area contributed by atoms with E-state index in [1.165, 1.54) is 0 Å². The lowest BCUT2D eigenvalue weighted by Crippen LogP contribution is -2.05. The van der Waals surface area contributed by atoms with Gasteiger partial charge in [-0.3, -0.25) is 4.98 Å². The van der Waals surface area contributed by atoms with Gasteiger partial charge in [0, 0.05) is 6.42 Å². The summed E-state index contributed by atoms with van der Waals surface area (Å²) in [7, 11) is 0. The van der Waals surface area contributed by atoms with Crippen LogP contribution in [0, 0.1) is 0 Å². The minimum Gasteiger partial charge on any atom is -0.330 e. The lowest BCUT2D eigenvalue weighted by Gasteiger charge is -1.90. The maximum atomic E-state index is 10.5. The Bertz CT molecular complexity index is 264. The molecule has 0 fully saturated rings. The molecule has 0 aliphatic rings. The van der Waals surface area contributed by atoms with Gasteiger partial charge in [-0.2, -0.15) is 0 Å². The van der Waals surface area contributed by atoms with Crippen molar-refractivity contribution >= 4 is 11.6 Å². The molecule has 0 atom stereocenters. The summed E-state index contributed by atoms with van der Waals surface area (Å²) >= 11 is 5.58. The number of aromatic amines is 2. The van der Waals surface area contributed by atoms with Gasteiger partial charge in [0.1, 0.15) is 5.15 Å². The van der Waals surface area contributed by atoms with E-state index in [1.54, 1.807) is 0 Å². The molecule has 0 amide bonds. The number of rotatable bonds is 2. The molecule has 1 aromatic rings. The molecular formula is C5H8ClN3O. The predicted octanol–water partition coefficient (Wildman–Crippen LogP) is -0.142. The molecule has 0 aliphatic carbocycles. The first-order valence-corrected chi connectivity index (χ1v) is 3.28. The maximum Gasteiger partial charge on any atom is 0.324 e. The number of hydrogen-bond acceptors (Lipinski definition) is 2. The molecule has 0 aromatic carbocycles. The molecule has 5 heteroatoms. The van der Waals surface area contributed by atoms with Crippen LogP contribution in [0.3, 0.4) is 0 Å². The van der Waals surface area contributed by atoms with E-state index in [1.807, 2.05) is 0 Å². The molecule has 1 heterocycles. The number of H-pyrrole nitrogens is 2. The van der Waals surface area contributed by atoms with E-state index in [2.05, 4.69) is 9.97 Å². The Morgan fingerprint density at radius 3 is 2.60 bits per heavy atom. The summed E-state index contributed by atoms with van der Waals surface area (Å²) in [5.74, 6) is 0. The number of halogens is 1. The van der Waals surface area contributed by atoms with Crippen LogP contribution in [0.4, 0.5) is 0 Å². The molecule has 1 rings (SSSR count). The third-order valence-electron chi connectivity index (χ3n) is 1.15. The van der Waals surface area contributed by atoms with Gasteiger partial charge in [-0.05, 0) is 6.54 Å². The second-order valence-corrected chi connectivity index (χ2v) is 2.29. The van der Waals surface area contributed by atoms with Crippen LogP contribution in [0.5, 0.6) is 0 Å². The summed E-state index contributed by atoms with van der Waals surface area (Å²) < 4.78 is 0. The first-order chi connectivity index (χ1) is 4.74. The molecule has 0 spiro atoms. The van der Waals surface area contributed by atoms with Gasteiger partial charge in [-0.25, -0.2) is 4.79 Å². The number of aromatic nitrogens is 2. The average molecular weight is 162 g/mol. The minimum atomic E-state index is -0.284. The van der Waals surface area contributed by atoms with Crippen LogP contribution in [-0.4, -0.2) is 16.5 Å². The van der Waals surface area contributed by atoms with Crippen LogP contribution in [0.2, 0.25) is 5.15 Å². The highest BCUT2D eigenvalue weighted by atomic mass is 35.5. The molecular weight excluding hydrogens is 154 g/mol. The summed E-state index contributed by atoms with van der Waals surface area (Å²) in [6, 6.07) is 0. The Morgan fingerprint density at radius 1 is 1.50 bits per heavy atom. The van der Waals surface area contributed by atoms with E-state index in [4.69, 9.17) is 17.3 Å². The number of nitrogens with one attached hydrogen (secondary N) is 2. The Balaban J connectivity index is 2.92. The van der Waals surface area contributed by atoms with Crippen LogP contribution < -0.4 is 11.4 Å². The highest BCUT2D eigenvalue weighted by molar-refractivity contribution is 6.30. The van der Waals surface area contributed by atoms with E-state index in [-0.39, 0.29) is 5.69 Å². The summed E-state index contributed by atoms with van der Waals surface area (Å²) in [4.78, 5) is 15.5. The van der Waals surface area contributed by atoms with Crippen LogP contribution in [0.1, 0.15) is 5.69 Å². The summed E-state index contributed by atoms with van der Waals surface area (Å²) in [5, 5.41) is 0.357. The summed E-state index contributed by atoms with van der Waals surface area (Å²) in [6.07, 6.45) is 0.595. The van der Waals surface area contributed by atoms with Gasteiger partial charge in [-0.15, -0.1) is 0 Å². The molecule has 0 unspecified atom stereocenters. The fourth-order valence-corrected chi connectivity index (χ4v) is 0.942. The van der Waals surface area contributed by atoms with Crippen LogP contribution in [0.25, 0.3) is 0 Å². The fraction of sp³-hybridized carbons (Fsp3) is 0.400. The third kappa shape index (κ3) is 1.40. The lowest BCUT2D eigenvalue weighted by atomic mass is 10.3. The zero-order valence-electron chi connectivity index (χ0n) is 5.28. The smallest absolute Gasteiger partial charge is 0.324 e. The van der Waals surface area contributed by atoms with Crippen molar-refractivity contribution < 1.29 is 0 Å². The third-order valence-corrected chi connectivity index (χ3v) is 1.47. The van der Waals surface area contributed by atoms with E-state index in [0.29, 0.717) is 23.8 Å². The van der Waals surface area contributed by atoms with Crippen molar-refractivity contribution in [3.8, 4) is 0 Å². The van der Waals surface area contributed by atoms with E-state index < -0.39 is 0 Å². The Labute approximate surface area is 62.4 Å². The fourth-order valence-electron chi connectivity index (χ4n) is 0.715. The Morgan fingerprint density at radius 2 is 2.20 bits per heavy atom. The maximum absolute atomic E-state index is 10.5. The van der Waals surface area contributed by atoms with Crippen molar-refractivity contribution in [2.24, 2.45) is 5.73 Å². The lowest BCUT2D eigenvalue weighted by molar-refractivity contribution is 0.930. The molecule has 1 aromatic heterocycles. The molecule has 4 N–H and O–H groups in total. The van der Waals surface area contributed by atoms with Crippen LogP contribution in [-0.2, 0) is 6.42 Å².